The van der Waals surface area contributed by atoms with Crippen LogP contribution in [0.1, 0.15) is 61.6 Å². The number of fused-ring (bicyclic) bond motifs is 1. The molecule has 0 aromatic heterocycles. The lowest BCUT2D eigenvalue weighted by molar-refractivity contribution is 0.210. The monoisotopic (exact) mass is 299 g/mol. The zero-order valence-electron chi connectivity index (χ0n) is 14.1. The van der Waals surface area contributed by atoms with Crippen LogP contribution in [-0.2, 0) is 12.0 Å². The Bertz CT molecular complexity index is 557. The molecule has 0 radical (unpaired) electrons. The molecule has 3 aliphatic rings. The molecule has 2 heteroatoms. The fraction of sp³-hybridized carbons (Fsp3) is 0.700. The summed E-state index contributed by atoms with van der Waals surface area (Å²) in [5.41, 5.74) is 4.66. The van der Waals surface area contributed by atoms with Crippen molar-refractivity contribution < 1.29 is 4.74 Å². The molecule has 1 heterocycles. The summed E-state index contributed by atoms with van der Waals surface area (Å²) in [6.45, 7) is 3.32. The smallest absolute Gasteiger partial charge is 0.122 e. The normalized spacial score (nSPS) is 28.6. The summed E-state index contributed by atoms with van der Waals surface area (Å²) >= 11 is 0. The topological polar surface area (TPSA) is 21.3 Å². The van der Waals surface area contributed by atoms with E-state index in [-0.39, 0.29) is 5.54 Å². The molecule has 1 unspecified atom stereocenters. The van der Waals surface area contributed by atoms with Crippen LogP contribution < -0.4 is 10.1 Å². The van der Waals surface area contributed by atoms with E-state index in [1.54, 1.807) is 18.2 Å². The van der Waals surface area contributed by atoms with Crippen molar-refractivity contribution >= 4 is 0 Å². The number of methoxy groups -OCH3 is 1. The molecule has 2 aliphatic carbocycles. The van der Waals surface area contributed by atoms with Gasteiger partial charge in [0.1, 0.15) is 5.75 Å². The van der Waals surface area contributed by atoms with Gasteiger partial charge in [-0.1, -0.05) is 31.7 Å². The average molecular weight is 299 g/mol. The summed E-state index contributed by atoms with van der Waals surface area (Å²) in [4.78, 5) is 0. The number of hydrogen-bond acceptors (Lipinski definition) is 2. The first-order chi connectivity index (χ1) is 10.7. The van der Waals surface area contributed by atoms with Gasteiger partial charge in [0.15, 0.2) is 0 Å². The minimum Gasteiger partial charge on any atom is -0.496 e. The van der Waals surface area contributed by atoms with E-state index >= 15 is 0 Å². The van der Waals surface area contributed by atoms with E-state index in [4.69, 9.17) is 4.74 Å². The third-order valence-electron chi connectivity index (χ3n) is 6.30. The molecule has 4 rings (SSSR count). The fourth-order valence-electron chi connectivity index (χ4n) is 5.06. The quantitative estimate of drug-likeness (QED) is 0.893. The summed E-state index contributed by atoms with van der Waals surface area (Å²) < 4.78 is 5.65. The highest BCUT2D eigenvalue weighted by Crippen LogP contribution is 2.53. The van der Waals surface area contributed by atoms with Gasteiger partial charge in [0, 0.05) is 12.1 Å². The van der Waals surface area contributed by atoms with E-state index in [0.29, 0.717) is 0 Å². The third kappa shape index (κ3) is 2.36. The molecule has 2 nitrogen and oxygen atoms in total. The van der Waals surface area contributed by atoms with E-state index in [2.05, 4.69) is 24.4 Å². The van der Waals surface area contributed by atoms with Gasteiger partial charge in [-0.3, -0.25) is 0 Å². The van der Waals surface area contributed by atoms with Crippen molar-refractivity contribution in [1.82, 2.24) is 5.32 Å². The Labute approximate surface area is 134 Å². The first kappa shape index (κ1) is 14.6. The van der Waals surface area contributed by atoms with Gasteiger partial charge in [0.05, 0.1) is 7.11 Å². The molecule has 22 heavy (non-hydrogen) atoms. The highest BCUT2D eigenvalue weighted by molar-refractivity contribution is 5.47. The van der Waals surface area contributed by atoms with Crippen molar-refractivity contribution in [2.24, 2.45) is 11.8 Å². The van der Waals surface area contributed by atoms with Crippen LogP contribution in [0.3, 0.4) is 0 Å². The molecule has 1 aliphatic heterocycles. The number of ether oxygens (including phenoxy) is 1. The minimum absolute atomic E-state index is 0.240. The summed E-state index contributed by atoms with van der Waals surface area (Å²) in [6, 6.07) is 4.75. The molecule has 0 saturated heterocycles. The maximum absolute atomic E-state index is 5.65. The predicted molar refractivity (Wildman–Crippen MR) is 90.4 cm³/mol. The van der Waals surface area contributed by atoms with Gasteiger partial charge in [-0.05, 0) is 67.2 Å². The lowest BCUT2D eigenvalue weighted by Gasteiger charge is -2.43. The van der Waals surface area contributed by atoms with Crippen LogP contribution in [0.25, 0.3) is 0 Å². The number of hydrogen-bond donors (Lipinski definition) is 1. The van der Waals surface area contributed by atoms with Gasteiger partial charge in [-0.2, -0.15) is 0 Å². The van der Waals surface area contributed by atoms with Gasteiger partial charge in [0.2, 0.25) is 0 Å². The lowest BCUT2D eigenvalue weighted by Crippen LogP contribution is -2.50. The van der Waals surface area contributed by atoms with Gasteiger partial charge < -0.3 is 10.1 Å². The standard InChI is InChI=1S/C20H29NO/c1-14-11-16-9-10-21-20(17-7-8-17,13-15-5-3-4-6-15)18(16)12-19(14)22-2/h11-12,15,17,21H,3-10,13H2,1-2H3. The number of aryl methyl sites for hydroxylation is 1. The zero-order chi connectivity index (χ0) is 15.2. The SMILES string of the molecule is COc1cc2c(cc1C)CCNC2(CC1CCCC1)C1CC1. The van der Waals surface area contributed by atoms with Crippen LogP contribution >= 0.6 is 0 Å². The van der Waals surface area contributed by atoms with Crippen LogP contribution in [0.15, 0.2) is 12.1 Å². The minimum atomic E-state index is 0.240. The first-order valence-corrected chi connectivity index (χ1v) is 9.16. The zero-order valence-corrected chi connectivity index (χ0v) is 14.1. The molecule has 0 spiro atoms. The van der Waals surface area contributed by atoms with E-state index in [1.807, 2.05) is 0 Å². The second-order valence-corrected chi connectivity index (χ2v) is 7.76. The second kappa shape index (κ2) is 5.56. The van der Waals surface area contributed by atoms with Crippen molar-refractivity contribution in [2.75, 3.05) is 13.7 Å². The lowest BCUT2D eigenvalue weighted by atomic mass is 9.72. The molecule has 1 aromatic rings. The Morgan fingerprint density at radius 1 is 1.18 bits per heavy atom. The average Bonchev–Trinajstić information content (AvgIpc) is 3.26. The number of rotatable bonds is 4. The van der Waals surface area contributed by atoms with Gasteiger partial charge in [0.25, 0.3) is 0 Å². The van der Waals surface area contributed by atoms with E-state index in [9.17, 15) is 0 Å². The summed E-state index contributed by atoms with van der Waals surface area (Å²) in [5.74, 6) is 2.84. The molecule has 0 amide bonds. The maximum atomic E-state index is 5.65. The molecule has 2 fully saturated rings. The van der Waals surface area contributed by atoms with E-state index < -0.39 is 0 Å². The highest BCUT2D eigenvalue weighted by Gasteiger charge is 2.49. The number of nitrogens with one attached hydrogen (secondary N) is 1. The van der Waals surface area contributed by atoms with E-state index in [1.165, 1.54) is 56.9 Å². The summed E-state index contributed by atoms with van der Waals surface area (Å²) in [7, 11) is 1.81. The third-order valence-corrected chi connectivity index (χ3v) is 6.30. The largest absolute Gasteiger partial charge is 0.496 e. The molecule has 1 atom stereocenters. The van der Waals surface area contributed by atoms with Crippen LogP contribution in [0.4, 0.5) is 0 Å². The summed E-state index contributed by atoms with van der Waals surface area (Å²) in [5, 5.41) is 3.99. The van der Waals surface area contributed by atoms with Gasteiger partial charge in [-0.25, -0.2) is 0 Å². The maximum Gasteiger partial charge on any atom is 0.122 e. The fourth-order valence-corrected chi connectivity index (χ4v) is 5.06. The molecular weight excluding hydrogens is 270 g/mol. The molecule has 1 N–H and O–H groups in total. The van der Waals surface area contributed by atoms with Gasteiger partial charge >= 0.3 is 0 Å². The van der Waals surface area contributed by atoms with Crippen molar-refractivity contribution in [3.8, 4) is 5.75 Å². The Morgan fingerprint density at radius 3 is 2.64 bits per heavy atom. The van der Waals surface area contributed by atoms with E-state index in [0.717, 1.165) is 24.1 Å². The van der Waals surface area contributed by atoms with Crippen LogP contribution in [-0.4, -0.2) is 13.7 Å². The van der Waals surface area contributed by atoms with Crippen molar-refractivity contribution in [3.05, 3.63) is 28.8 Å². The second-order valence-electron chi connectivity index (χ2n) is 7.76. The molecule has 0 bridgehead atoms. The van der Waals surface area contributed by atoms with Crippen molar-refractivity contribution in [1.29, 1.82) is 0 Å². The first-order valence-electron chi connectivity index (χ1n) is 9.16. The predicted octanol–water partition coefficient (Wildman–Crippen LogP) is 4.33. The Morgan fingerprint density at radius 2 is 1.95 bits per heavy atom. The Hall–Kier alpha value is -1.02. The van der Waals surface area contributed by atoms with Gasteiger partial charge in [-0.15, -0.1) is 0 Å². The number of benzene rings is 1. The van der Waals surface area contributed by atoms with Crippen molar-refractivity contribution in [2.45, 2.75) is 63.8 Å². The van der Waals surface area contributed by atoms with Crippen molar-refractivity contribution in [3.63, 3.8) is 0 Å². The van der Waals surface area contributed by atoms with Crippen LogP contribution in [0.2, 0.25) is 0 Å². The molecule has 2 saturated carbocycles. The molecule has 120 valence electrons. The Balaban J connectivity index is 1.76. The Kier molecular flexibility index (Phi) is 3.68. The molecular formula is C20H29NO. The highest BCUT2D eigenvalue weighted by atomic mass is 16.5. The summed E-state index contributed by atoms with van der Waals surface area (Å²) in [6.07, 6.45) is 11.1. The van der Waals surface area contributed by atoms with Crippen LogP contribution in [0, 0.1) is 18.8 Å². The van der Waals surface area contributed by atoms with Crippen LogP contribution in [0.5, 0.6) is 5.75 Å². The molecule has 1 aromatic carbocycles.